The van der Waals surface area contributed by atoms with Gasteiger partial charge in [0.05, 0.1) is 17.5 Å². The summed E-state index contributed by atoms with van der Waals surface area (Å²) in [4.78, 5) is 26.4. The minimum atomic E-state index is -0.433. The van der Waals surface area contributed by atoms with E-state index in [1.165, 1.54) is 28.8 Å². The summed E-state index contributed by atoms with van der Waals surface area (Å²) >= 11 is 1.25. The van der Waals surface area contributed by atoms with Crippen LogP contribution in [-0.4, -0.2) is 34.3 Å². The molecule has 1 unspecified atom stereocenters. The van der Waals surface area contributed by atoms with Crippen LogP contribution < -0.4 is 5.32 Å². The molecule has 1 N–H and O–H groups in total. The van der Waals surface area contributed by atoms with E-state index in [1.807, 2.05) is 31.2 Å². The van der Waals surface area contributed by atoms with Crippen molar-refractivity contribution in [1.82, 2.24) is 4.90 Å². The van der Waals surface area contributed by atoms with Gasteiger partial charge in [0.2, 0.25) is 11.8 Å². The Balaban J connectivity index is 1.89. The molecule has 0 aliphatic heterocycles. The van der Waals surface area contributed by atoms with Gasteiger partial charge in [-0.1, -0.05) is 35.7 Å². The largest absolute Gasteiger partial charge is 0.326 e. The van der Waals surface area contributed by atoms with Gasteiger partial charge in [0.15, 0.2) is 0 Å². The Kier molecular flexibility index (Phi) is 8.09. The van der Waals surface area contributed by atoms with Crippen molar-refractivity contribution in [2.45, 2.75) is 25.6 Å². The van der Waals surface area contributed by atoms with Crippen LogP contribution >= 0.6 is 11.8 Å². The summed E-state index contributed by atoms with van der Waals surface area (Å²) in [5.74, 6) is 1.97. The Morgan fingerprint density at radius 3 is 2.43 bits per heavy atom. The standard InChI is InChI=1S/C22H23FN2O2S/c1-4-13-25(14-18-7-9-19(23)10-8-18)22(27)17(3)28-15-21(26)24-20-11-5-16(2)6-12-20/h1,5-12,17H,13-15H2,2-3H3,(H,24,26). The molecule has 0 heterocycles. The number of nitrogens with one attached hydrogen (secondary N) is 1. The number of terminal acetylenes is 1. The van der Waals surface area contributed by atoms with E-state index in [1.54, 1.807) is 19.1 Å². The molecular weight excluding hydrogens is 375 g/mol. The van der Waals surface area contributed by atoms with E-state index in [0.717, 1.165) is 16.8 Å². The molecule has 2 amide bonds. The maximum Gasteiger partial charge on any atom is 0.236 e. The number of carbonyl (C=O) groups excluding carboxylic acids is 2. The highest BCUT2D eigenvalue weighted by molar-refractivity contribution is 8.01. The third kappa shape index (κ3) is 6.75. The topological polar surface area (TPSA) is 49.4 Å². The van der Waals surface area contributed by atoms with Crippen molar-refractivity contribution in [2.75, 3.05) is 17.6 Å². The molecule has 2 aromatic rings. The number of halogens is 1. The monoisotopic (exact) mass is 398 g/mol. The van der Waals surface area contributed by atoms with Crippen molar-refractivity contribution < 1.29 is 14.0 Å². The third-order valence-corrected chi connectivity index (χ3v) is 5.16. The van der Waals surface area contributed by atoms with E-state index in [0.29, 0.717) is 6.54 Å². The zero-order chi connectivity index (χ0) is 20.5. The van der Waals surface area contributed by atoms with Crippen molar-refractivity contribution in [3.05, 3.63) is 65.5 Å². The Hall–Kier alpha value is -2.78. The van der Waals surface area contributed by atoms with Gasteiger partial charge in [0, 0.05) is 12.2 Å². The average molecular weight is 399 g/mol. The second-order valence-corrected chi connectivity index (χ2v) is 7.72. The highest BCUT2D eigenvalue weighted by atomic mass is 32.2. The van der Waals surface area contributed by atoms with E-state index in [-0.39, 0.29) is 29.9 Å². The van der Waals surface area contributed by atoms with Crippen LogP contribution in [0, 0.1) is 25.1 Å². The molecule has 0 aliphatic rings. The fraction of sp³-hybridized carbons (Fsp3) is 0.273. The van der Waals surface area contributed by atoms with E-state index in [9.17, 15) is 14.0 Å². The van der Waals surface area contributed by atoms with Crippen LogP contribution in [0.5, 0.6) is 0 Å². The van der Waals surface area contributed by atoms with Crippen molar-refractivity contribution in [3.8, 4) is 12.3 Å². The second kappa shape index (κ2) is 10.5. The van der Waals surface area contributed by atoms with Gasteiger partial charge in [-0.05, 0) is 43.7 Å². The molecule has 0 aliphatic carbocycles. The molecule has 146 valence electrons. The fourth-order valence-electron chi connectivity index (χ4n) is 2.50. The zero-order valence-corrected chi connectivity index (χ0v) is 16.8. The van der Waals surface area contributed by atoms with E-state index < -0.39 is 5.25 Å². The van der Waals surface area contributed by atoms with Crippen molar-refractivity contribution in [2.24, 2.45) is 0 Å². The fourth-order valence-corrected chi connectivity index (χ4v) is 3.26. The van der Waals surface area contributed by atoms with E-state index >= 15 is 0 Å². The average Bonchev–Trinajstić information content (AvgIpc) is 2.68. The molecule has 0 saturated heterocycles. The minimum absolute atomic E-state index is 0.149. The first-order valence-electron chi connectivity index (χ1n) is 8.84. The molecule has 6 heteroatoms. The number of benzene rings is 2. The first-order chi connectivity index (χ1) is 13.4. The van der Waals surface area contributed by atoms with Gasteiger partial charge in [-0.2, -0.15) is 0 Å². The summed E-state index contributed by atoms with van der Waals surface area (Å²) in [6, 6.07) is 13.5. The number of nitrogens with zero attached hydrogens (tertiary/aromatic N) is 1. The molecule has 0 spiro atoms. The quantitative estimate of drug-likeness (QED) is 0.687. The van der Waals surface area contributed by atoms with Crippen molar-refractivity contribution in [3.63, 3.8) is 0 Å². The maximum absolute atomic E-state index is 13.1. The van der Waals surface area contributed by atoms with Crippen LogP contribution in [0.25, 0.3) is 0 Å². The SMILES string of the molecule is C#CCN(Cc1ccc(F)cc1)C(=O)C(C)SCC(=O)Nc1ccc(C)cc1. The number of hydrogen-bond acceptors (Lipinski definition) is 3. The Labute approximate surface area is 169 Å². The van der Waals surface area contributed by atoms with Crippen LogP contribution in [-0.2, 0) is 16.1 Å². The number of hydrogen-bond donors (Lipinski definition) is 1. The summed E-state index contributed by atoms with van der Waals surface area (Å²) in [5, 5.41) is 2.38. The van der Waals surface area contributed by atoms with Gasteiger partial charge < -0.3 is 10.2 Å². The zero-order valence-electron chi connectivity index (χ0n) is 15.9. The van der Waals surface area contributed by atoms with E-state index in [2.05, 4.69) is 11.2 Å². The van der Waals surface area contributed by atoms with Crippen LogP contribution in [0.3, 0.4) is 0 Å². The molecule has 28 heavy (non-hydrogen) atoms. The Bertz CT molecular complexity index is 844. The van der Waals surface area contributed by atoms with E-state index in [4.69, 9.17) is 6.42 Å². The summed E-state index contributed by atoms with van der Waals surface area (Å²) in [6.07, 6.45) is 5.39. The number of amides is 2. The molecule has 1 atom stereocenters. The molecule has 4 nitrogen and oxygen atoms in total. The Morgan fingerprint density at radius 1 is 1.18 bits per heavy atom. The number of carbonyl (C=O) groups is 2. The Morgan fingerprint density at radius 2 is 1.82 bits per heavy atom. The first kappa shape index (κ1) is 21.5. The molecule has 2 rings (SSSR count). The number of thioether (sulfide) groups is 1. The van der Waals surface area contributed by atoms with Crippen molar-refractivity contribution >= 4 is 29.3 Å². The highest BCUT2D eigenvalue weighted by Crippen LogP contribution is 2.17. The molecular formula is C22H23FN2O2S. The minimum Gasteiger partial charge on any atom is -0.326 e. The van der Waals surface area contributed by atoms with Crippen LogP contribution in [0.4, 0.5) is 10.1 Å². The van der Waals surface area contributed by atoms with Crippen LogP contribution in [0.2, 0.25) is 0 Å². The smallest absolute Gasteiger partial charge is 0.236 e. The predicted octanol–water partition coefficient (Wildman–Crippen LogP) is 3.86. The molecule has 2 aromatic carbocycles. The predicted molar refractivity (Wildman–Crippen MR) is 112 cm³/mol. The van der Waals surface area contributed by atoms with Crippen LogP contribution in [0.1, 0.15) is 18.1 Å². The molecule has 0 aromatic heterocycles. The van der Waals surface area contributed by atoms with Crippen LogP contribution in [0.15, 0.2) is 48.5 Å². The summed E-state index contributed by atoms with van der Waals surface area (Å²) in [5.41, 5.74) is 2.63. The van der Waals surface area contributed by atoms with Gasteiger partial charge in [0.25, 0.3) is 0 Å². The van der Waals surface area contributed by atoms with Gasteiger partial charge in [0.1, 0.15) is 5.82 Å². The first-order valence-corrected chi connectivity index (χ1v) is 9.88. The molecule has 0 fully saturated rings. The lowest BCUT2D eigenvalue weighted by atomic mass is 10.2. The lowest BCUT2D eigenvalue weighted by molar-refractivity contribution is -0.130. The van der Waals surface area contributed by atoms with Gasteiger partial charge >= 0.3 is 0 Å². The second-order valence-electron chi connectivity index (χ2n) is 6.39. The molecule has 0 saturated carbocycles. The lowest BCUT2D eigenvalue weighted by Crippen LogP contribution is -2.37. The maximum atomic E-state index is 13.1. The lowest BCUT2D eigenvalue weighted by Gasteiger charge is -2.23. The number of anilines is 1. The number of rotatable bonds is 8. The van der Waals surface area contributed by atoms with Gasteiger partial charge in [-0.25, -0.2) is 4.39 Å². The summed E-state index contributed by atoms with van der Waals surface area (Å²) in [6.45, 7) is 4.17. The highest BCUT2D eigenvalue weighted by Gasteiger charge is 2.21. The normalized spacial score (nSPS) is 11.4. The summed E-state index contributed by atoms with van der Waals surface area (Å²) in [7, 11) is 0. The molecule has 0 bridgehead atoms. The third-order valence-electron chi connectivity index (χ3n) is 4.03. The van der Waals surface area contributed by atoms with Gasteiger partial charge in [-0.3, -0.25) is 9.59 Å². The molecule has 0 radical (unpaired) electrons. The number of aryl methyl sites for hydroxylation is 1. The van der Waals surface area contributed by atoms with Crippen molar-refractivity contribution in [1.29, 1.82) is 0 Å². The van der Waals surface area contributed by atoms with Gasteiger partial charge in [-0.15, -0.1) is 18.2 Å². The summed E-state index contributed by atoms with van der Waals surface area (Å²) < 4.78 is 13.1.